The Morgan fingerprint density at radius 1 is 0.963 bits per heavy atom. The molecule has 27 heavy (non-hydrogen) atoms. The molecular formula is C22H17NO4. The van der Waals surface area contributed by atoms with Crippen LogP contribution in [0.5, 0.6) is 0 Å². The van der Waals surface area contributed by atoms with Gasteiger partial charge >= 0.3 is 5.97 Å². The number of carbonyl (C=O) groups excluding carboxylic acids is 3. The minimum atomic E-state index is -0.541. The van der Waals surface area contributed by atoms with Crippen molar-refractivity contribution in [1.29, 1.82) is 0 Å². The SMILES string of the molecule is C[C@H]1C(=O)Nc2ccc(C(=O)COC(=O)c3ccc4ccccc4c3)cc21. The van der Waals surface area contributed by atoms with E-state index in [1.807, 2.05) is 30.3 Å². The molecule has 5 heteroatoms. The molecule has 134 valence electrons. The molecule has 0 radical (unpaired) electrons. The maximum atomic E-state index is 12.4. The van der Waals surface area contributed by atoms with Crippen LogP contribution in [0.3, 0.4) is 0 Å². The number of anilines is 1. The molecule has 3 aromatic rings. The van der Waals surface area contributed by atoms with E-state index >= 15 is 0 Å². The van der Waals surface area contributed by atoms with Crippen LogP contribution in [0, 0.1) is 0 Å². The fourth-order valence-corrected chi connectivity index (χ4v) is 3.20. The third-order valence-corrected chi connectivity index (χ3v) is 4.81. The van der Waals surface area contributed by atoms with Gasteiger partial charge in [-0.05, 0) is 53.6 Å². The van der Waals surface area contributed by atoms with Crippen LogP contribution >= 0.6 is 0 Å². The lowest BCUT2D eigenvalue weighted by Gasteiger charge is -2.07. The first-order chi connectivity index (χ1) is 13.0. The Morgan fingerprint density at radius 2 is 1.70 bits per heavy atom. The molecule has 1 atom stereocenters. The third-order valence-electron chi connectivity index (χ3n) is 4.81. The van der Waals surface area contributed by atoms with Crippen molar-refractivity contribution in [3.63, 3.8) is 0 Å². The van der Waals surface area contributed by atoms with E-state index in [0.717, 1.165) is 22.0 Å². The van der Waals surface area contributed by atoms with Gasteiger partial charge in [-0.1, -0.05) is 30.3 Å². The number of Topliss-reactive ketones (excluding diaryl/α,β-unsaturated/α-hetero) is 1. The number of rotatable bonds is 4. The highest BCUT2D eigenvalue weighted by Gasteiger charge is 2.27. The van der Waals surface area contributed by atoms with Crippen LogP contribution in [-0.2, 0) is 9.53 Å². The number of nitrogens with one attached hydrogen (secondary N) is 1. The van der Waals surface area contributed by atoms with Crippen molar-refractivity contribution >= 4 is 34.1 Å². The number of ether oxygens (including phenoxy) is 1. The first-order valence-corrected chi connectivity index (χ1v) is 8.67. The quantitative estimate of drug-likeness (QED) is 0.566. The van der Waals surface area contributed by atoms with E-state index in [1.54, 1.807) is 37.3 Å². The minimum Gasteiger partial charge on any atom is -0.454 e. The molecule has 0 saturated carbocycles. The van der Waals surface area contributed by atoms with Gasteiger partial charge in [0.25, 0.3) is 0 Å². The molecular weight excluding hydrogens is 342 g/mol. The zero-order chi connectivity index (χ0) is 19.0. The highest BCUT2D eigenvalue weighted by Crippen LogP contribution is 2.32. The largest absolute Gasteiger partial charge is 0.454 e. The average Bonchev–Trinajstić information content (AvgIpc) is 2.98. The number of esters is 1. The highest BCUT2D eigenvalue weighted by molar-refractivity contribution is 6.05. The number of carbonyl (C=O) groups is 3. The zero-order valence-electron chi connectivity index (χ0n) is 14.7. The smallest absolute Gasteiger partial charge is 0.338 e. The first kappa shape index (κ1) is 17.0. The Morgan fingerprint density at radius 3 is 2.52 bits per heavy atom. The topological polar surface area (TPSA) is 72.5 Å². The Hall–Kier alpha value is -3.47. The van der Waals surface area contributed by atoms with E-state index in [-0.39, 0.29) is 24.2 Å². The number of benzene rings is 3. The van der Waals surface area contributed by atoms with Crippen LogP contribution in [0.25, 0.3) is 10.8 Å². The molecule has 1 heterocycles. The lowest BCUT2D eigenvalue weighted by molar-refractivity contribution is -0.116. The monoisotopic (exact) mass is 359 g/mol. The van der Waals surface area contributed by atoms with Gasteiger partial charge in [-0.15, -0.1) is 0 Å². The van der Waals surface area contributed by atoms with Crippen molar-refractivity contribution in [2.75, 3.05) is 11.9 Å². The number of amides is 1. The number of ketones is 1. The standard InChI is InChI=1S/C22H17NO4/c1-13-18-11-16(8-9-19(18)23-21(13)25)20(24)12-27-22(26)17-7-6-14-4-2-3-5-15(14)10-17/h2-11,13H,12H2,1H3,(H,23,25)/t13-/m1/s1. The molecule has 0 aromatic heterocycles. The molecule has 0 spiro atoms. The normalized spacial score (nSPS) is 15.3. The predicted molar refractivity (Wildman–Crippen MR) is 102 cm³/mol. The zero-order valence-corrected chi connectivity index (χ0v) is 14.7. The molecule has 0 bridgehead atoms. The summed E-state index contributed by atoms with van der Waals surface area (Å²) >= 11 is 0. The van der Waals surface area contributed by atoms with Crippen LogP contribution in [0.4, 0.5) is 5.69 Å². The predicted octanol–water partition coefficient (Wildman–Crippen LogP) is 3.94. The molecule has 0 unspecified atom stereocenters. The summed E-state index contributed by atoms with van der Waals surface area (Å²) in [5.41, 5.74) is 2.33. The van der Waals surface area contributed by atoms with Gasteiger partial charge in [-0.3, -0.25) is 9.59 Å². The molecule has 1 aliphatic heterocycles. The van der Waals surface area contributed by atoms with Crippen LogP contribution < -0.4 is 5.32 Å². The molecule has 0 saturated heterocycles. The molecule has 4 rings (SSSR count). The molecule has 0 aliphatic carbocycles. The summed E-state index contributed by atoms with van der Waals surface area (Å²) in [5, 5.41) is 4.73. The van der Waals surface area contributed by atoms with Gasteiger partial charge in [0, 0.05) is 11.3 Å². The van der Waals surface area contributed by atoms with E-state index < -0.39 is 5.97 Å². The summed E-state index contributed by atoms with van der Waals surface area (Å²) in [6.07, 6.45) is 0. The van der Waals surface area contributed by atoms with E-state index in [2.05, 4.69) is 5.32 Å². The second-order valence-corrected chi connectivity index (χ2v) is 6.57. The van der Waals surface area contributed by atoms with Crippen LogP contribution in [0.1, 0.15) is 39.1 Å². The van der Waals surface area contributed by atoms with E-state index in [4.69, 9.17) is 4.74 Å². The Labute approximate surface area is 156 Å². The Bertz CT molecular complexity index is 1090. The van der Waals surface area contributed by atoms with Gasteiger partial charge in [0.05, 0.1) is 11.5 Å². The summed E-state index contributed by atoms with van der Waals surface area (Å²) in [6.45, 7) is 1.44. The lowest BCUT2D eigenvalue weighted by atomic mass is 9.99. The summed E-state index contributed by atoms with van der Waals surface area (Å²) < 4.78 is 5.19. The van der Waals surface area contributed by atoms with Gasteiger partial charge in [0.15, 0.2) is 12.4 Å². The summed E-state index contributed by atoms with van der Waals surface area (Å²) in [6, 6.07) is 18.0. The fourth-order valence-electron chi connectivity index (χ4n) is 3.20. The Balaban J connectivity index is 1.46. The number of hydrogen-bond donors (Lipinski definition) is 1. The first-order valence-electron chi connectivity index (χ1n) is 8.67. The van der Waals surface area contributed by atoms with E-state index in [1.165, 1.54) is 0 Å². The second-order valence-electron chi connectivity index (χ2n) is 6.57. The van der Waals surface area contributed by atoms with Crippen molar-refractivity contribution in [2.45, 2.75) is 12.8 Å². The second kappa shape index (κ2) is 6.68. The Kier molecular flexibility index (Phi) is 4.20. The molecule has 1 aliphatic rings. The molecule has 1 N–H and O–H groups in total. The number of fused-ring (bicyclic) bond motifs is 2. The maximum absolute atomic E-state index is 12.4. The average molecular weight is 359 g/mol. The summed E-state index contributed by atoms with van der Waals surface area (Å²) in [7, 11) is 0. The van der Waals surface area contributed by atoms with Crippen LogP contribution in [-0.4, -0.2) is 24.3 Å². The number of hydrogen-bond acceptors (Lipinski definition) is 4. The highest BCUT2D eigenvalue weighted by atomic mass is 16.5. The van der Waals surface area contributed by atoms with Gasteiger partial charge in [-0.2, -0.15) is 0 Å². The van der Waals surface area contributed by atoms with Gasteiger partial charge in [-0.25, -0.2) is 4.79 Å². The van der Waals surface area contributed by atoms with Gasteiger partial charge < -0.3 is 10.1 Å². The van der Waals surface area contributed by atoms with Crippen molar-refractivity contribution in [2.24, 2.45) is 0 Å². The fraction of sp³-hybridized carbons (Fsp3) is 0.136. The summed E-state index contributed by atoms with van der Waals surface area (Å²) in [5.74, 6) is -1.23. The minimum absolute atomic E-state index is 0.0858. The van der Waals surface area contributed by atoms with E-state index in [9.17, 15) is 14.4 Å². The maximum Gasteiger partial charge on any atom is 0.338 e. The van der Waals surface area contributed by atoms with Crippen molar-refractivity contribution in [3.05, 3.63) is 77.4 Å². The third kappa shape index (κ3) is 3.19. The van der Waals surface area contributed by atoms with Crippen LogP contribution in [0.15, 0.2) is 60.7 Å². The molecule has 5 nitrogen and oxygen atoms in total. The van der Waals surface area contributed by atoms with Crippen molar-refractivity contribution < 1.29 is 19.1 Å². The lowest BCUT2D eigenvalue weighted by Crippen LogP contribution is -2.14. The van der Waals surface area contributed by atoms with E-state index in [0.29, 0.717) is 11.1 Å². The van der Waals surface area contributed by atoms with Crippen molar-refractivity contribution in [3.8, 4) is 0 Å². The van der Waals surface area contributed by atoms with Gasteiger partial charge in [0.1, 0.15) is 0 Å². The van der Waals surface area contributed by atoms with Crippen molar-refractivity contribution in [1.82, 2.24) is 0 Å². The van der Waals surface area contributed by atoms with Crippen LogP contribution in [0.2, 0.25) is 0 Å². The molecule has 3 aromatic carbocycles. The van der Waals surface area contributed by atoms with Gasteiger partial charge in [0.2, 0.25) is 5.91 Å². The molecule has 0 fully saturated rings. The molecule has 1 amide bonds. The summed E-state index contributed by atoms with van der Waals surface area (Å²) in [4.78, 5) is 36.4.